The van der Waals surface area contributed by atoms with E-state index >= 15 is 0 Å². The molecule has 3 rings (SSSR count). The number of imidazole rings is 1. The van der Waals surface area contributed by atoms with E-state index in [1.54, 1.807) is 39.8 Å². The zero-order valence-corrected chi connectivity index (χ0v) is 19.6. The lowest BCUT2D eigenvalue weighted by atomic mass is 9.81. The number of aryl methyl sites for hydroxylation is 1. The van der Waals surface area contributed by atoms with Gasteiger partial charge >= 0.3 is 6.09 Å². The van der Waals surface area contributed by atoms with Crippen LogP contribution in [0.3, 0.4) is 0 Å². The maximum absolute atomic E-state index is 12.9. The van der Waals surface area contributed by atoms with Gasteiger partial charge in [0, 0.05) is 26.1 Å². The molecule has 3 amide bonds. The van der Waals surface area contributed by atoms with Crippen LogP contribution < -0.4 is 10.6 Å². The largest absolute Gasteiger partial charge is 0.444 e. The van der Waals surface area contributed by atoms with E-state index in [9.17, 15) is 14.4 Å². The molecule has 3 atom stereocenters. The molecule has 0 aliphatic heterocycles. The molecule has 3 N–H and O–H groups in total. The molecular weight excluding hydrogens is 410 g/mol. The van der Waals surface area contributed by atoms with Gasteiger partial charge in [0.2, 0.25) is 5.91 Å². The number of carbonyl (C=O) groups excluding carboxylic acids is 3. The Morgan fingerprint density at radius 3 is 2.50 bits per heavy atom. The second-order valence-electron chi connectivity index (χ2n) is 9.68. The van der Waals surface area contributed by atoms with Gasteiger partial charge in [0.25, 0.3) is 5.91 Å². The topological polar surface area (TPSA) is 116 Å². The van der Waals surface area contributed by atoms with E-state index in [0.717, 1.165) is 11.1 Å². The lowest BCUT2D eigenvalue weighted by Crippen LogP contribution is -2.56. The van der Waals surface area contributed by atoms with Crippen LogP contribution in [0.4, 0.5) is 4.79 Å². The SMILES string of the molecule is Cc1ccc2nc(C(=O)N[C@H]3CC[C@H](C(=O)N(C)C)C[C@H]3NC(=O)OC(C)(C)C)[nH]c2c1. The van der Waals surface area contributed by atoms with Gasteiger partial charge in [0.05, 0.1) is 17.1 Å². The number of carbonyl (C=O) groups is 3. The normalized spacial score (nSPS) is 21.1. The van der Waals surface area contributed by atoms with Gasteiger partial charge in [0.1, 0.15) is 5.60 Å². The number of hydrogen-bond acceptors (Lipinski definition) is 5. The van der Waals surface area contributed by atoms with Crippen molar-refractivity contribution in [1.82, 2.24) is 25.5 Å². The van der Waals surface area contributed by atoms with Crippen LogP contribution in [-0.4, -0.2) is 64.6 Å². The van der Waals surface area contributed by atoms with Gasteiger partial charge < -0.3 is 25.3 Å². The summed E-state index contributed by atoms with van der Waals surface area (Å²) < 4.78 is 5.40. The average molecular weight is 444 g/mol. The summed E-state index contributed by atoms with van der Waals surface area (Å²) in [5.74, 6) is -0.351. The predicted molar refractivity (Wildman–Crippen MR) is 121 cm³/mol. The highest BCUT2D eigenvalue weighted by Crippen LogP contribution is 2.27. The van der Waals surface area contributed by atoms with Gasteiger partial charge in [-0.2, -0.15) is 0 Å². The molecule has 1 fully saturated rings. The van der Waals surface area contributed by atoms with Gasteiger partial charge in [-0.25, -0.2) is 9.78 Å². The van der Waals surface area contributed by atoms with Crippen LogP contribution in [0.1, 0.15) is 56.2 Å². The number of fused-ring (bicyclic) bond motifs is 1. The fourth-order valence-electron chi connectivity index (χ4n) is 4.02. The number of amides is 3. The van der Waals surface area contributed by atoms with Crippen molar-refractivity contribution in [2.75, 3.05) is 14.1 Å². The summed E-state index contributed by atoms with van der Waals surface area (Å²) in [6.45, 7) is 7.33. The minimum Gasteiger partial charge on any atom is -0.444 e. The van der Waals surface area contributed by atoms with Crippen LogP contribution >= 0.6 is 0 Å². The molecule has 9 nitrogen and oxygen atoms in total. The number of rotatable bonds is 4. The number of hydrogen-bond donors (Lipinski definition) is 3. The van der Waals surface area contributed by atoms with Crippen LogP contribution in [0.2, 0.25) is 0 Å². The Balaban J connectivity index is 1.75. The number of nitrogens with one attached hydrogen (secondary N) is 3. The average Bonchev–Trinajstić information content (AvgIpc) is 3.10. The summed E-state index contributed by atoms with van der Waals surface area (Å²) in [5, 5.41) is 5.85. The van der Waals surface area contributed by atoms with Gasteiger partial charge in [-0.15, -0.1) is 0 Å². The maximum atomic E-state index is 12.9. The van der Waals surface area contributed by atoms with Crippen LogP contribution in [0, 0.1) is 12.8 Å². The number of aromatic nitrogens is 2. The number of nitrogens with zero attached hydrogens (tertiary/aromatic N) is 2. The Labute approximate surface area is 188 Å². The molecular formula is C23H33N5O4. The molecule has 1 aliphatic carbocycles. The molecule has 32 heavy (non-hydrogen) atoms. The van der Waals surface area contributed by atoms with Crippen molar-refractivity contribution in [2.45, 2.75) is 64.6 Å². The molecule has 0 saturated heterocycles. The Hall–Kier alpha value is -3.10. The second-order valence-corrected chi connectivity index (χ2v) is 9.68. The first-order chi connectivity index (χ1) is 14.9. The lowest BCUT2D eigenvalue weighted by molar-refractivity contribution is -0.134. The molecule has 1 aromatic carbocycles. The van der Waals surface area contributed by atoms with Gasteiger partial charge in [-0.1, -0.05) is 6.07 Å². The van der Waals surface area contributed by atoms with Crippen molar-refractivity contribution >= 4 is 28.9 Å². The fourth-order valence-corrected chi connectivity index (χ4v) is 4.02. The Bertz CT molecular complexity index is 1010. The highest BCUT2D eigenvalue weighted by atomic mass is 16.6. The van der Waals surface area contributed by atoms with E-state index in [2.05, 4.69) is 20.6 Å². The molecule has 0 spiro atoms. The first kappa shape index (κ1) is 23.6. The minimum absolute atomic E-state index is 0.0124. The lowest BCUT2D eigenvalue weighted by Gasteiger charge is -2.37. The maximum Gasteiger partial charge on any atom is 0.407 e. The summed E-state index contributed by atoms with van der Waals surface area (Å²) in [7, 11) is 3.44. The van der Waals surface area contributed by atoms with Crippen LogP contribution in [0.15, 0.2) is 18.2 Å². The van der Waals surface area contributed by atoms with Crippen molar-refractivity contribution in [3.63, 3.8) is 0 Å². The Morgan fingerprint density at radius 2 is 1.84 bits per heavy atom. The third-order valence-corrected chi connectivity index (χ3v) is 5.51. The molecule has 1 heterocycles. The van der Waals surface area contributed by atoms with Crippen molar-refractivity contribution in [3.05, 3.63) is 29.6 Å². The molecule has 2 aromatic rings. The molecule has 1 saturated carbocycles. The smallest absolute Gasteiger partial charge is 0.407 e. The van der Waals surface area contributed by atoms with Crippen molar-refractivity contribution in [3.8, 4) is 0 Å². The zero-order chi connectivity index (χ0) is 23.6. The highest BCUT2D eigenvalue weighted by molar-refractivity contribution is 5.94. The predicted octanol–water partition coefficient (Wildman–Crippen LogP) is 2.75. The van der Waals surface area contributed by atoms with Gasteiger partial charge in [-0.05, 0) is 64.7 Å². The van der Waals surface area contributed by atoms with Crippen LogP contribution in [-0.2, 0) is 9.53 Å². The van der Waals surface area contributed by atoms with E-state index in [1.807, 2.05) is 25.1 Å². The summed E-state index contributed by atoms with van der Waals surface area (Å²) in [6.07, 6.45) is 1.02. The number of aromatic amines is 1. The van der Waals surface area contributed by atoms with E-state index in [1.165, 1.54) is 0 Å². The van der Waals surface area contributed by atoms with Gasteiger partial charge in [-0.3, -0.25) is 9.59 Å². The number of benzene rings is 1. The van der Waals surface area contributed by atoms with E-state index in [4.69, 9.17) is 4.74 Å². The van der Waals surface area contributed by atoms with Crippen LogP contribution in [0.5, 0.6) is 0 Å². The molecule has 0 bridgehead atoms. The monoisotopic (exact) mass is 443 g/mol. The quantitative estimate of drug-likeness (QED) is 0.672. The molecule has 1 aromatic heterocycles. The van der Waals surface area contributed by atoms with E-state index < -0.39 is 17.7 Å². The number of ether oxygens (including phenoxy) is 1. The number of H-pyrrole nitrogens is 1. The molecule has 9 heteroatoms. The minimum atomic E-state index is -0.650. The first-order valence-electron chi connectivity index (χ1n) is 10.9. The number of alkyl carbamates (subject to hydrolysis) is 1. The Kier molecular flexibility index (Phi) is 6.76. The summed E-state index contributed by atoms with van der Waals surface area (Å²) in [4.78, 5) is 46.9. The molecule has 0 unspecified atom stereocenters. The zero-order valence-electron chi connectivity index (χ0n) is 19.6. The van der Waals surface area contributed by atoms with Crippen LogP contribution in [0.25, 0.3) is 11.0 Å². The standard InChI is InChI=1S/C23H33N5O4/c1-13-7-9-15-17(11-13)25-19(24-15)20(29)26-16-10-8-14(21(30)28(5)6)12-18(16)27-22(31)32-23(2,3)4/h7,9,11,14,16,18H,8,10,12H2,1-6H3,(H,24,25)(H,26,29)(H,27,31)/t14-,16-,18+/m0/s1. The Morgan fingerprint density at radius 1 is 1.12 bits per heavy atom. The summed E-state index contributed by atoms with van der Waals surface area (Å²) >= 11 is 0. The van der Waals surface area contributed by atoms with Crippen molar-refractivity contribution in [1.29, 1.82) is 0 Å². The van der Waals surface area contributed by atoms with Gasteiger partial charge in [0.15, 0.2) is 5.82 Å². The molecule has 0 radical (unpaired) electrons. The van der Waals surface area contributed by atoms with E-state index in [0.29, 0.717) is 24.8 Å². The third-order valence-electron chi connectivity index (χ3n) is 5.51. The second kappa shape index (κ2) is 9.18. The summed E-state index contributed by atoms with van der Waals surface area (Å²) in [5.41, 5.74) is 1.92. The molecule has 174 valence electrons. The first-order valence-corrected chi connectivity index (χ1v) is 10.9. The van der Waals surface area contributed by atoms with E-state index in [-0.39, 0.29) is 29.6 Å². The molecule has 1 aliphatic rings. The third kappa shape index (κ3) is 5.77. The highest BCUT2D eigenvalue weighted by Gasteiger charge is 2.37. The van der Waals surface area contributed by atoms with Crippen molar-refractivity contribution in [2.24, 2.45) is 5.92 Å². The fraction of sp³-hybridized carbons (Fsp3) is 0.565. The summed E-state index contributed by atoms with van der Waals surface area (Å²) in [6, 6.07) is 4.95. The van der Waals surface area contributed by atoms with Crippen molar-refractivity contribution < 1.29 is 19.1 Å².